The van der Waals surface area contributed by atoms with Crippen LogP contribution in [0.15, 0.2) is 30.6 Å². The van der Waals surface area contributed by atoms with Crippen LogP contribution in [0.4, 0.5) is 11.5 Å². The molecule has 0 saturated heterocycles. The lowest BCUT2D eigenvalue weighted by atomic mass is 10.1. The quantitative estimate of drug-likeness (QED) is 0.846. The summed E-state index contributed by atoms with van der Waals surface area (Å²) in [5.74, 6) is 0.502. The van der Waals surface area contributed by atoms with Gasteiger partial charge in [0.2, 0.25) is 0 Å². The van der Waals surface area contributed by atoms with Crippen molar-refractivity contribution in [3.05, 3.63) is 46.3 Å². The zero-order chi connectivity index (χ0) is 13.1. The first-order chi connectivity index (χ1) is 8.59. The maximum atomic E-state index is 6.13. The Balaban J connectivity index is 2.24. The summed E-state index contributed by atoms with van der Waals surface area (Å²) in [4.78, 5) is 7.86. The number of nitrogens with zero attached hydrogens (tertiary/aromatic N) is 2. The molecule has 94 valence electrons. The Kier molecular flexibility index (Phi) is 3.89. The first-order valence-electron chi connectivity index (χ1n) is 5.36. The molecule has 0 saturated carbocycles. The van der Waals surface area contributed by atoms with E-state index in [1.807, 2.05) is 31.2 Å². The SMILES string of the molecule is CC(Nc1ncnc(Cl)c1N)c1ccccc1Cl. The average molecular weight is 283 g/mol. The molecular weight excluding hydrogens is 271 g/mol. The highest BCUT2D eigenvalue weighted by Crippen LogP contribution is 2.28. The summed E-state index contributed by atoms with van der Waals surface area (Å²) in [6, 6.07) is 7.56. The number of aromatic nitrogens is 2. The van der Waals surface area contributed by atoms with Gasteiger partial charge >= 0.3 is 0 Å². The van der Waals surface area contributed by atoms with Crippen LogP contribution in [0, 0.1) is 0 Å². The minimum atomic E-state index is -0.0352. The fourth-order valence-electron chi connectivity index (χ4n) is 1.60. The van der Waals surface area contributed by atoms with Crippen LogP contribution in [0.3, 0.4) is 0 Å². The van der Waals surface area contributed by atoms with Crippen molar-refractivity contribution in [1.29, 1.82) is 0 Å². The predicted molar refractivity (Wildman–Crippen MR) is 74.9 cm³/mol. The van der Waals surface area contributed by atoms with Crippen molar-refractivity contribution in [3.63, 3.8) is 0 Å². The topological polar surface area (TPSA) is 63.8 Å². The normalized spacial score (nSPS) is 12.2. The van der Waals surface area contributed by atoms with Gasteiger partial charge in [-0.3, -0.25) is 0 Å². The number of nitrogen functional groups attached to an aromatic ring is 1. The molecule has 1 heterocycles. The molecule has 0 fully saturated rings. The summed E-state index contributed by atoms with van der Waals surface area (Å²) < 4.78 is 0. The molecule has 0 aliphatic rings. The predicted octanol–water partition coefficient (Wildman–Crippen LogP) is 3.54. The lowest BCUT2D eigenvalue weighted by molar-refractivity contribution is 0.873. The van der Waals surface area contributed by atoms with E-state index in [0.29, 0.717) is 16.5 Å². The molecule has 0 spiro atoms. The van der Waals surface area contributed by atoms with Gasteiger partial charge in [0.25, 0.3) is 0 Å². The highest BCUT2D eigenvalue weighted by Gasteiger charge is 2.12. The van der Waals surface area contributed by atoms with Crippen LogP contribution >= 0.6 is 23.2 Å². The van der Waals surface area contributed by atoms with Crippen LogP contribution in [-0.4, -0.2) is 9.97 Å². The molecule has 1 atom stereocenters. The van der Waals surface area contributed by atoms with Crippen molar-refractivity contribution < 1.29 is 0 Å². The standard InChI is InChI=1S/C12H12Cl2N4/c1-7(8-4-2-3-5-9(8)13)18-12-10(15)11(14)16-6-17-12/h2-7H,15H2,1H3,(H,16,17,18). The molecule has 2 rings (SSSR count). The van der Waals surface area contributed by atoms with Gasteiger partial charge in [0.15, 0.2) is 11.0 Å². The number of hydrogen-bond acceptors (Lipinski definition) is 4. The molecule has 0 aliphatic carbocycles. The van der Waals surface area contributed by atoms with Crippen LogP contribution in [0.25, 0.3) is 0 Å². The van der Waals surface area contributed by atoms with Gasteiger partial charge in [-0.2, -0.15) is 0 Å². The number of rotatable bonds is 3. The zero-order valence-electron chi connectivity index (χ0n) is 9.69. The van der Waals surface area contributed by atoms with Crippen LogP contribution in [-0.2, 0) is 0 Å². The second kappa shape index (κ2) is 5.42. The Morgan fingerprint density at radius 3 is 2.67 bits per heavy atom. The van der Waals surface area contributed by atoms with Crippen LogP contribution in [0.5, 0.6) is 0 Å². The lowest BCUT2D eigenvalue weighted by Crippen LogP contribution is -2.11. The molecule has 1 aromatic carbocycles. The van der Waals surface area contributed by atoms with Crippen molar-refractivity contribution >= 4 is 34.7 Å². The van der Waals surface area contributed by atoms with E-state index in [-0.39, 0.29) is 11.2 Å². The molecular formula is C12H12Cl2N4. The number of benzene rings is 1. The number of nitrogens with one attached hydrogen (secondary N) is 1. The van der Waals surface area contributed by atoms with Gasteiger partial charge in [0.05, 0.1) is 6.04 Å². The van der Waals surface area contributed by atoms with Crippen molar-refractivity contribution in [2.75, 3.05) is 11.1 Å². The summed E-state index contributed by atoms with van der Waals surface area (Å²) >= 11 is 12.0. The molecule has 1 aromatic heterocycles. The summed E-state index contributed by atoms with van der Waals surface area (Å²) in [6.07, 6.45) is 1.36. The third-order valence-electron chi connectivity index (χ3n) is 2.56. The van der Waals surface area contributed by atoms with E-state index in [4.69, 9.17) is 28.9 Å². The van der Waals surface area contributed by atoms with E-state index in [9.17, 15) is 0 Å². The lowest BCUT2D eigenvalue weighted by Gasteiger charge is -2.17. The van der Waals surface area contributed by atoms with E-state index < -0.39 is 0 Å². The maximum Gasteiger partial charge on any atom is 0.157 e. The van der Waals surface area contributed by atoms with Crippen molar-refractivity contribution in [1.82, 2.24) is 9.97 Å². The first-order valence-corrected chi connectivity index (χ1v) is 6.12. The molecule has 2 aromatic rings. The first kappa shape index (κ1) is 12.9. The molecule has 4 nitrogen and oxygen atoms in total. The van der Waals surface area contributed by atoms with Crippen molar-refractivity contribution in [2.24, 2.45) is 0 Å². The number of hydrogen-bond donors (Lipinski definition) is 2. The molecule has 0 amide bonds. The van der Waals surface area contributed by atoms with E-state index in [1.54, 1.807) is 0 Å². The largest absolute Gasteiger partial charge is 0.393 e. The van der Waals surface area contributed by atoms with Crippen LogP contribution in [0.2, 0.25) is 10.2 Å². The molecule has 18 heavy (non-hydrogen) atoms. The van der Waals surface area contributed by atoms with Crippen molar-refractivity contribution in [2.45, 2.75) is 13.0 Å². The van der Waals surface area contributed by atoms with Gasteiger partial charge in [-0.1, -0.05) is 41.4 Å². The van der Waals surface area contributed by atoms with E-state index in [0.717, 1.165) is 5.56 Å². The minimum absolute atomic E-state index is 0.0352. The van der Waals surface area contributed by atoms with Crippen LogP contribution < -0.4 is 11.1 Å². The second-order valence-electron chi connectivity index (χ2n) is 3.81. The van der Waals surface area contributed by atoms with Gasteiger partial charge in [-0.25, -0.2) is 9.97 Å². The minimum Gasteiger partial charge on any atom is -0.393 e. The van der Waals surface area contributed by atoms with E-state index in [2.05, 4.69) is 15.3 Å². The number of nitrogens with two attached hydrogens (primary N) is 1. The summed E-state index contributed by atoms with van der Waals surface area (Å²) in [6.45, 7) is 1.97. The smallest absolute Gasteiger partial charge is 0.157 e. The maximum absolute atomic E-state index is 6.13. The molecule has 0 bridgehead atoms. The molecule has 0 radical (unpaired) electrons. The Labute approximate surface area is 115 Å². The molecule has 6 heteroatoms. The van der Waals surface area contributed by atoms with Gasteiger partial charge in [-0.15, -0.1) is 0 Å². The fraction of sp³-hybridized carbons (Fsp3) is 0.167. The summed E-state index contributed by atoms with van der Waals surface area (Å²) in [5, 5.41) is 4.09. The van der Waals surface area contributed by atoms with E-state index >= 15 is 0 Å². The zero-order valence-corrected chi connectivity index (χ0v) is 11.2. The van der Waals surface area contributed by atoms with Gasteiger partial charge < -0.3 is 11.1 Å². The third kappa shape index (κ3) is 2.66. The Bertz CT molecular complexity index is 560. The second-order valence-corrected chi connectivity index (χ2v) is 4.58. The molecule has 1 unspecified atom stereocenters. The summed E-state index contributed by atoms with van der Waals surface area (Å²) in [7, 11) is 0. The van der Waals surface area contributed by atoms with Gasteiger partial charge in [0.1, 0.15) is 12.0 Å². The third-order valence-corrected chi connectivity index (χ3v) is 3.21. The van der Waals surface area contributed by atoms with Gasteiger partial charge in [0, 0.05) is 5.02 Å². The number of anilines is 2. The Morgan fingerprint density at radius 2 is 1.94 bits per heavy atom. The highest BCUT2D eigenvalue weighted by atomic mass is 35.5. The number of halogens is 2. The average Bonchev–Trinajstić information content (AvgIpc) is 2.35. The molecule has 3 N–H and O–H groups in total. The molecule has 0 aliphatic heterocycles. The van der Waals surface area contributed by atoms with Crippen LogP contribution in [0.1, 0.15) is 18.5 Å². The summed E-state index contributed by atoms with van der Waals surface area (Å²) in [5.41, 5.74) is 7.09. The fourth-order valence-corrected chi connectivity index (χ4v) is 2.03. The Hall–Kier alpha value is -1.52. The monoisotopic (exact) mass is 282 g/mol. The Morgan fingerprint density at radius 1 is 1.22 bits per heavy atom. The van der Waals surface area contributed by atoms with Crippen molar-refractivity contribution in [3.8, 4) is 0 Å². The van der Waals surface area contributed by atoms with E-state index in [1.165, 1.54) is 6.33 Å². The highest BCUT2D eigenvalue weighted by molar-refractivity contribution is 6.32. The van der Waals surface area contributed by atoms with Gasteiger partial charge in [-0.05, 0) is 18.6 Å².